The van der Waals surface area contributed by atoms with Gasteiger partial charge in [-0.1, -0.05) is 42.8 Å². The normalized spacial score (nSPS) is 26.0. The van der Waals surface area contributed by atoms with Gasteiger partial charge >= 0.3 is 5.97 Å². The highest BCUT2D eigenvalue weighted by Crippen LogP contribution is 2.60. The highest BCUT2D eigenvalue weighted by Gasteiger charge is 2.51. The Morgan fingerprint density at radius 3 is 2.24 bits per heavy atom. The maximum Gasteiger partial charge on any atom is 0.336 e. The Kier molecular flexibility index (Phi) is 6.71. The molecule has 0 radical (unpaired) electrons. The van der Waals surface area contributed by atoms with Crippen molar-refractivity contribution in [3.8, 4) is 16.9 Å². The lowest BCUT2D eigenvalue weighted by molar-refractivity contribution is -0.00513. The predicted molar refractivity (Wildman–Crippen MR) is 147 cm³/mol. The van der Waals surface area contributed by atoms with E-state index >= 15 is 0 Å². The maximum atomic E-state index is 12.2. The number of carboxylic acid groups (broad SMARTS) is 1. The molecule has 194 valence electrons. The zero-order chi connectivity index (χ0) is 25.4. The third kappa shape index (κ3) is 4.77. The van der Waals surface area contributed by atoms with Crippen LogP contribution in [0.2, 0.25) is 0 Å². The van der Waals surface area contributed by atoms with Gasteiger partial charge in [-0.3, -0.25) is 0 Å². The third-order valence-electron chi connectivity index (χ3n) is 9.35. The Labute approximate surface area is 219 Å². The molecule has 0 aromatic heterocycles. The van der Waals surface area contributed by atoms with E-state index in [4.69, 9.17) is 9.84 Å². The molecule has 4 heteroatoms. The van der Waals surface area contributed by atoms with E-state index in [0.29, 0.717) is 23.3 Å². The van der Waals surface area contributed by atoms with Crippen molar-refractivity contribution in [1.29, 1.82) is 0 Å². The molecule has 2 N–H and O–H groups in total. The van der Waals surface area contributed by atoms with Gasteiger partial charge in [-0.05, 0) is 121 Å². The van der Waals surface area contributed by atoms with Crippen molar-refractivity contribution in [2.45, 2.75) is 69.6 Å². The number of aliphatic hydroxyl groups excluding tert-OH is 1. The quantitative estimate of drug-likeness (QED) is 0.282. The lowest BCUT2D eigenvalue weighted by Gasteiger charge is -2.57. The minimum atomic E-state index is -0.939. The van der Waals surface area contributed by atoms with Gasteiger partial charge in [0.1, 0.15) is 5.75 Å². The van der Waals surface area contributed by atoms with Crippen LogP contribution in [0.3, 0.4) is 0 Å². The summed E-state index contributed by atoms with van der Waals surface area (Å²) in [5, 5.41) is 21.3. The number of carboxylic acids is 1. The van der Waals surface area contributed by atoms with E-state index in [2.05, 4.69) is 30.3 Å². The number of ether oxygens (including phenoxy) is 1. The van der Waals surface area contributed by atoms with Gasteiger partial charge in [0.05, 0.1) is 12.2 Å². The van der Waals surface area contributed by atoms with E-state index in [1.54, 1.807) is 12.1 Å². The third-order valence-corrected chi connectivity index (χ3v) is 9.35. The lowest BCUT2D eigenvalue weighted by atomic mass is 9.48. The second kappa shape index (κ2) is 10.1. The van der Waals surface area contributed by atoms with Gasteiger partial charge in [-0.2, -0.15) is 0 Å². The van der Waals surface area contributed by atoms with E-state index in [0.717, 1.165) is 49.0 Å². The molecule has 4 bridgehead atoms. The first-order valence-corrected chi connectivity index (χ1v) is 14.2. The molecule has 0 atom stereocenters. The van der Waals surface area contributed by atoms with Gasteiger partial charge in [0.15, 0.2) is 0 Å². The van der Waals surface area contributed by atoms with E-state index in [1.807, 2.05) is 12.1 Å². The molecule has 0 spiro atoms. The Balaban J connectivity index is 1.33. The highest BCUT2D eigenvalue weighted by atomic mass is 16.5. The van der Waals surface area contributed by atoms with Crippen LogP contribution in [-0.2, 0) is 5.41 Å². The van der Waals surface area contributed by atoms with Gasteiger partial charge in [0, 0.05) is 12.2 Å². The van der Waals surface area contributed by atoms with Crippen LogP contribution in [0.4, 0.5) is 0 Å². The fraction of sp³-hybridized carbons (Fsp3) is 0.485. The van der Waals surface area contributed by atoms with Crippen LogP contribution in [0, 0.1) is 17.8 Å². The number of hydrogen-bond donors (Lipinski definition) is 2. The predicted octanol–water partition coefficient (Wildman–Crippen LogP) is 7.60. The molecule has 4 saturated carbocycles. The molecule has 3 aromatic rings. The summed E-state index contributed by atoms with van der Waals surface area (Å²) in [6, 6.07) is 18.7. The molecule has 4 nitrogen and oxygen atoms in total. The minimum Gasteiger partial charge on any atom is -0.493 e. The summed E-state index contributed by atoms with van der Waals surface area (Å²) in [4.78, 5) is 12.2. The lowest BCUT2D eigenvalue weighted by Crippen LogP contribution is -2.48. The molecular formula is C33H38O4. The van der Waals surface area contributed by atoms with Gasteiger partial charge in [0.25, 0.3) is 0 Å². The number of unbranched alkanes of at least 4 members (excludes halogenated alkanes) is 3. The number of aromatic carboxylic acids is 1. The average Bonchev–Trinajstić information content (AvgIpc) is 2.89. The monoisotopic (exact) mass is 498 g/mol. The molecule has 4 aliphatic carbocycles. The first-order valence-electron chi connectivity index (χ1n) is 14.2. The molecule has 0 amide bonds. The first kappa shape index (κ1) is 24.5. The van der Waals surface area contributed by atoms with Crippen LogP contribution in [0.25, 0.3) is 21.9 Å². The van der Waals surface area contributed by atoms with Crippen molar-refractivity contribution < 1.29 is 19.7 Å². The largest absolute Gasteiger partial charge is 0.493 e. The minimum absolute atomic E-state index is 0.220. The Hall–Kier alpha value is -2.85. The number of hydrogen-bond acceptors (Lipinski definition) is 3. The zero-order valence-corrected chi connectivity index (χ0v) is 21.6. The van der Waals surface area contributed by atoms with Gasteiger partial charge < -0.3 is 14.9 Å². The first-order chi connectivity index (χ1) is 18.0. The molecule has 37 heavy (non-hydrogen) atoms. The molecule has 4 aliphatic rings. The van der Waals surface area contributed by atoms with Crippen LogP contribution in [0.15, 0.2) is 54.6 Å². The van der Waals surface area contributed by atoms with Crippen molar-refractivity contribution >= 4 is 16.7 Å². The average molecular weight is 499 g/mol. The number of benzene rings is 3. The van der Waals surface area contributed by atoms with Crippen LogP contribution < -0.4 is 4.74 Å². The molecule has 7 rings (SSSR count). The van der Waals surface area contributed by atoms with E-state index in [9.17, 15) is 9.90 Å². The molecule has 0 saturated heterocycles. The second-order valence-electron chi connectivity index (χ2n) is 11.9. The van der Waals surface area contributed by atoms with Crippen molar-refractivity contribution in [3.63, 3.8) is 0 Å². The number of aliphatic hydroxyl groups is 1. The fourth-order valence-corrected chi connectivity index (χ4v) is 8.07. The van der Waals surface area contributed by atoms with Crippen LogP contribution >= 0.6 is 0 Å². The van der Waals surface area contributed by atoms with Crippen LogP contribution in [-0.4, -0.2) is 29.4 Å². The molecule has 3 aromatic carbocycles. The Bertz CT molecular complexity index is 1260. The van der Waals surface area contributed by atoms with Crippen molar-refractivity contribution in [2.24, 2.45) is 17.8 Å². The molecular weight excluding hydrogens is 460 g/mol. The molecule has 4 fully saturated rings. The van der Waals surface area contributed by atoms with Crippen molar-refractivity contribution in [2.75, 3.05) is 13.2 Å². The zero-order valence-electron chi connectivity index (χ0n) is 21.6. The number of rotatable bonds is 10. The SMILES string of the molecule is O=C(O)c1cccc(OCCCCCCO)c1-c1ccc2ccc(C34CC5CC(CC(C5)C3)C4)cc2c1. The standard InChI is InChI=1S/C33H38O4/c34-12-3-1-2-4-13-37-30-7-5-6-29(32(35)36)31(30)26-9-8-25-10-11-28(18-27(25)17-26)33-19-22-14-23(20-33)16-24(15-22)21-33/h5-11,17-18,22-24,34H,1-4,12-16,19-21H2,(H,35,36). The molecule has 0 heterocycles. The summed E-state index contributed by atoms with van der Waals surface area (Å²) in [5.41, 5.74) is 3.65. The van der Waals surface area contributed by atoms with E-state index in [1.165, 1.54) is 54.9 Å². The van der Waals surface area contributed by atoms with Gasteiger partial charge in [-0.25, -0.2) is 4.79 Å². The number of carbonyl (C=O) groups is 1. The Morgan fingerprint density at radius 1 is 0.838 bits per heavy atom. The van der Waals surface area contributed by atoms with Gasteiger partial charge in [-0.15, -0.1) is 0 Å². The summed E-state index contributed by atoms with van der Waals surface area (Å²) < 4.78 is 6.14. The van der Waals surface area contributed by atoms with Crippen LogP contribution in [0.5, 0.6) is 5.75 Å². The fourth-order valence-electron chi connectivity index (χ4n) is 8.07. The Morgan fingerprint density at radius 2 is 1.54 bits per heavy atom. The summed E-state index contributed by atoms with van der Waals surface area (Å²) in [5.74, 6) is 2.39. The second-order valence-corrected chi connectivity index (χ2v) is 11.9. The highest BCUT2D eigenvalue weighted by molar-refractivity contribution is 5.99. The molecule has 0 unspecified atom stereocenters. The topological polar surface area (TPSA) is 66.8 Å². The summed E-state index contributed by atoms with van der Waals surface area (Å²) in [7, 11) is 0. The van der Waals surface area contributed by atoms with Crippen LogP contribution in [0.1, 0.15) is 80.1 Å². The van der Waals surface area contributed by atoms with Crippen molar-refractivity contribution in [1.82, 2.24) is 0 Å². The van der Waals surface area contributed by atoms with Gasteiger partial charge in [0.2, 0.25) is 0 Å². The maximum absolute atomic E-state index is 12.2. The molecule has 0 aliphatic heterocycles. The summed E-state index contributed by atoms with van der Waals surface area (Å²) in [6.45, 7) is 0.753. The van der Waals surface area contributed by atoms with E-state index in [-0.39, 0.29) is 12.2 Å². The van der Waals surface area contributed by atoms with E-state index < -0.39 is 5.97 Å². The summed E-state index contributed by atoms with van der Waals surface area (Å²) >= 11 is 0. The summed E-state index contributed by atoms with van der Waals surface area (Å²) in [6.07, 6.45) is 12.0. The van der Waals surface area contributed by atoms with Crippen molar-refractivity contribution in [3.05, 3.63) is 65.7 Å². The smallest absolute Gasteiger partial charge is 0.336 e. The number of fused-ring (bicyclic) bond motifs is 1.